The van der Waals surface area contributed by atoms with Crippen LogP contribution in [0.3, 0.4) is 0 Å². The van der Waals surface area contributed by atoms with Crippen molar-refractivity contribution < 1.29 is 19.1 Å². The highest BCUT2D eigenvalue weighted by molar-refractivity contribution is 5.78. The molecule has 0 fully saturated rings. The average molecular weight is 384 g/mol. The van der Waals surface area contributed by atoms with Crippen molar-refractivity contribution in [1.29, 1.82) is 0 Å². The first-order valence-electron chi connectivity index (χ1n) is 9.30. The summed E-state index contributed by atoms with van der Waals surface area (Å²) in [7, 11) is 3.24. The van der Waals surface area contributed by atoms with Crippen LogP contribution in [0.2, 0.25) is 0 Å². The van der Waals surface area contributed by atoms with Gasteiger partial charge in [-0.25, -0.2) is 0 Å². The Morgan fingerprint density at radius 3 is 2.36 bits per heavy atom. The van der Waals surface area contributed by atoms with Gasteiger partial charge < -0.3 is 19.7 Å². The molecule has 0 atom stereocenters. The van der Waals surface area contributed by atoms with Crippen molar-refractivity contribution in [2.45, 2.75) is 26.3 Å². The summed E-state index contributed by atoms with van der Waals surface area (Å²) >= 11 is 0. The highest BCUT2D eigenvalue weighted by Gasteiger charge is 2.14. The van der Waals surface area contributed by atoms with Gasteiger partial charge in [0.15, 0.2) is 0 Å². The van der Waals surface area contributed by atoms with E-state index in [1.165, 1.54) is 6.92 Å². The maximum Gasteiger partial charge on any atom is 0.221 e. The molecule has 6 heteroatoms. The number of hydrogen-bond acceptors (Lipinski definition) is 4. The van der Waals surface area contributed by atoms with Gasteiger partial charge >= 0.3 is 0 Å². The minimum Gasteiger partial charge on any atom is -0.497 e. The Labute approximate surface area is 166 Å². The zero-order valence-electron chi connectivity index (χ0n) is 16.7. The first-order chi connectivity index (χ1) is 13.5. The molecule has 0 spiro atoms. The third-order valence-electron chi connectivity index (χ3n) is 4.50. The lowest BCUT2D eigenvalue weighted by Crippen LogP contribution is -2.34. The molecule has 28 heavy (non-hydrogen) atoms. The van der Waals surface area contributed by atoms with Crippen molar-refractivity contribution in [1.82, 2.24) is 10.2 Å². The Balaban J connectivity index is 1.79. The molecule has 150 valence electrons. The fourth-order valence-corrected chi connectivity index (χ4v) is 2.85. The third-order valence-corrected chi connectivity index (χ3v) is 4.50. The van der Waals surface area contributed by atoms with Crippen molar-refractivity contribution in [3.63, 3.8) is 0 Å². The lowest BCUT2D eigenvalue weighted by Gasteiger charge is -2.22. The van der Waals surface area contributed by atoms with Gasteiger partial charge in [0.05, 0.1) is 14.2 Å². The van der Waals surface area contributed by atoms with Gasteiger partial charge in [0.2, 0.25) is 11.8 Å². The topological polar surface area (TPSA) is 67.9 Å². The number of nitrogens with zero attached hydrogens (tertiary/aromatic N) is 1. The smallest absolute Gasteiger partial charge is 0.221 e. The fourth-order valence-electron chi connectivity index (χ4n) is 2.85. The molecule has 0 heterocycles. The van der Waals surface area contributed by atoms with E-state index in [0.717, 1.165) is 29.0 Å². The zero-order valence-corrected chi connectivity index (χ0v) is 16.7. The second-order valence-corrected chi connectivity index (χ2v) is 6.45. The van der Waals surface area contributed by atoms with Crippen LogP contribution in [0.15, 0.2) is 48.5 Å². The van der Waals surface area contributed by atoms with Crippen molar-refractivity contribution in [3.8, 4) is 11.5 Å². The normalized spacial score (nSPS) is 10.2. The van der Waals surface area contributed by atoms with E-state index in [9.17, 15) is 9.59 Å². The maximum atomic E-state index is 12.1. The number of carbonyl (C=O) groups excluding carboxylic acids is 2. The number of benzene rings is 2. The van der Waals surface area contributed by atoms with E-state index in [4.69, 9.17) is 9.47 Å². The summed E-state index contributed by atoms with van der Waals surface area (Å²) in [4.78, 5) is 25.8. The molecular weight excluding hydrogens is 356 g/mol. The van der Waals surface area contributed by atoms with Gasteiger partial charge in [0.25, 0.3) is 0 Å². The number of nitrogens with one attached hydrogen (secondary N) is 1. The Morgan fingerprint density at radius 2 is 1.71 bits per heavy atom. The number of rotatable bonds is 10. The molecule has 1 N–H and O–H groups in total. The quantitative estimate of drug-likeness (QED) is 0.684. The highest BCUT2D eigenvalue weighted by atomic mass is 16.5. The number of para-hydroxylation sites is 1. The largest absolute Gasteiger partial charge is 0.497 e. The summed E-state index contributed by atoms with van der Waals surface area (Å²) in [5.41, 5.74) is 2.04. The van der Waals surface area contributed by atoms with E-state index in [-0.39, 0.29) is 18.2 Å². The lowest BCUT2D eigenvalue weighted by molar-refractivity contribution is -0.130. The van der Waals surface area contributed by atoms with Crippen LogP contribution in [0, 0.1) is 0 Å². The average Bonchev–Trinajstić information content (AvgIpc) is 2.71. The Hall–Kier alpha value is -3.02. The summed E-state index contributed by atoms with van der Waals surface area (Å²) in [6.07, 6.45) is 1.00. The minimum absolute atomic E-state index is 0.0696. The second-order valence-electron chi connectivity index (χ2n) is 6.45. The van der Waals surface area contributed by atoms with Crippen molar-refractivity contribution in [3.05, 3.63) is 59.7 Å². The third kappa shape index (κ3) is 6.61. The van der Waals surface area contributed by atoms with Crippen molar-refractivity contribution in [2.24, 2.45) is 0 Å². The Morgan fingerprint density at radius 1 is 1.00 bits per heavy atom. The lowest BCUT2D eigenvalue weighted by atomic mass is 10.1. The monoisotopic (exact) mass is 384 g/mol. The molecule has 0 saturated carbocycles. The number of amides is 2. The van der Waals surface area contributed by atoms with Crippen LogP contribution in [-0.4, -0.2) is 44.0 Å². The Kier molecular flexibility index (Phi) is 8.34. The van der Waals surface area contributed by atoms with E-state index in [0.29, 0.717) is 19.6 Å². The summed E-state index contributed by atoms with van der Waals surface area (Å²) in [5.74, 6) is 1.40. The molecule has 2 amide bonds. The summed E-state index contributed by atoms with van der Waals surface area (Å²) in [5, 5.41) is 2.91. The van der Waals surface area contributed by atoms with Crippen LogP contribution in [0.5, 0.6) is 11.5 Å². The van der Waals surface area contributed by atoms with E-state index in [1.54, 1.807) is 19.1 Å². The van der Waals surface area contributed by atoms with Crippen LogP contribution in [-0.2, 0) is 22.6 Å². The highest BCUT2D eigenvalue weighted by Crippen LogP contribution is 2.19. The van der Waals surface area contributed by atoms with E-state index < -0.39 is 0 Å². The molecule has 2 rings (SSSR count). The molecule has 0 aromatic heterocycles. The van der Waals surface area contributed by atoms with Crippen LogP contribution < -0.4 is 14.8 Å². The molecule has 6 nitrogen and oxygen atoms in total. The van der Waals surface area contributed by atoms with Gasteiger partial charge in [-0.05, 0) is 30.2 Å². The van der Waals surface area contributed by atoms with Gasteiger partial charge in [-0.2, -0.15) is 0 Å². The van der Waals surface area contributed by atoms with Crippen LogP contribution in [0.1, 0.15) is 24.5 Å². The molecule has 0 unspecified atom stereocenters. The van der Waals surface area contributed by atoms with E-state index in [2.05, 4.69) is 5.32 Å². The summed E-state index contributed by atoms with van der Waals surface area (Å²) < 4.78 is 10.5. The second kappa shape index (κ2) is 11.0. The molecule has 0 aliphatic rings. The van der Waals surface area contributed by atoms with Gasteiger partial charge in [0.1, 0.15) is 11.5 Å². The fraction of sp³-hybridized carbons (Fsp3) is 0.364. The minimum atomic E-state index is -0.0723. The van der Waals surface area contributed by atoms with Crippen molar-refractivity contribution >= 4 is 11.8 Å². The maximum absolute atomic E-state index is 12.1. The molecule has 2 aromatic rings. The number of carbonyl (C=O) groups is 2. The summed E-state index contributed by atoms with van der Waals surface area (Å²) in [6.45, 7) is 2.84. The molecule has 0 saturated heterocycles. The van der Waals surface area contributed by atoms with Crippen molar-refractivity contribution in [2.75, 3.05) is 27.3 Å². The van der Waals surface area contributed by atoms with Crippen LogP contribution in [0.25, 0.3) is 0 Å². The first-order valence-corrected chi connectivity index (χ1v) is 9.30. The van der Waals surface area contributed by atoms with Gasteiger partial charge in [-0.3, -0.25) is 9.59 Å². The van der Waals surface area contributed by atoms with Crippen LogP contribution >= 0.6 is 0 Å². The number of ether oxygens (including phenoxy) is 2. The number of hydrogen-bond donors (Lipinski definition) is 1. The van der Waals surface area contributed by atoms with Crippen LogP contribution in [0.4, 0.5) is 0 Å². The molecule has 0 aliphatic carbocycles. The molecular formula is C22H28N2O4. The number of methoxy groups -OCH3 is 2. The SMILES string of the molecule is COc1ccc(CCNC(=O)CCN(Cc2ccccc2OC)C(C)=O)cc1. The van der Waals surface area contributed by atoms with Gasteiger partial charge in [-0.1, -0.05) is 30.3 Å². The standard InChI is InChI=1S/C22H28N2O4/c1-17(25)24(16-19-6-4-5-7-21(19)28-3)15-13-22(26)23-14-12-18-8-10-20(27-2)11-9-18/h4-11H,12-16H2,1-3H3,(H,23,26). The predicted octanol–water partition coefficient (Wildman–Crippen LogP) is 2.80. The van der Waals surface area contributed by atoms with E-state index in [1.807, 2.05) is 48.5 Å². The predicted molar refractivity (Wildman–Crippen MR) is 108 cm³/mol. The van der Waals surface area contributed by atoms with Gasteiger partial charge in [0, 0.05) is 38.5 Å². The molecule has 0 aliphatic heterocycles. The molecule has 2 aromatic carbocycles. The molecule has 0 radical (unpaired) electrons. The van der Waals surface area contributed by atoms with E-state index >= 15 is 0 Å². The zero-order chi connectivity index (χ0) is 20.4. The molecule has 0 bridgehead atoms. The summed E-state index contributed by atoms with van der Waals surface area (Å²) in [6, 6.07) is 15.3. The first kappa shape index (κ1) is 21.3. The van der Waals surface area contributed by atoms with Gasteiger partial charge in [-0.15, -0.1) is 0 Å². The Bertz CT molecular complexity index is 774.